The van der Waals surface area contributed by atoms with E-state index in [0.29, 0.717) is 38.7 Å². The van der Waals surface area contributed by atoms with Crippen molar-refractivity contribution in [1.29, 1.82) is 0 Å². The van der Waals surface area contributed by atoms with Crippen LogP contribution in [0.15, 0.2) is 140 Å². The number of aliphatic hydroxyl groups excluding tert-OH is 2. The van der Waals surface area contributed by atoms with Crippen molar-refractivity contribution in [2.24, 2.45) is 11.8 Å². The highest BCUT2D eigenvalue weighted by molar-refractivity contribution is 5.82. The Labute approximate surface area is 312 Å². The summed E-state index contributed by atoms with van der Waals surface area (Å²) in [4.78, 5) is 30.0. The SMILES string of the molecule is O=C(N[C@H]1c2ccccc2C[C@H]1O)[C@H](Cc1ccc(OCc2ccccc2)cc1)C[C@H](O)CN1C(=O)[C@@H](Cc2ccccc2)C[C@@H]1Cc1ccccc1. The molecule has 1 aliphatic carbocycles. The van der Waals surface area contributed by atoms with Gasteiger partial charge >= 0.3 is 0 Å². The van der Waals surface area contributed by atoms with E-state index in [1.807, 2.05) is 120 Å². The van der Waals surface area contributed by atoms with Crippen LogP contribution in [-0.2, 0) is 41.9 Å². The molecule has 6 atom stereocenters. The lowest BCUT2D eigenvalue weighted by molar-refractivity contribution is -0.133. The lowest BCUT2D eigenvalue weighted by Crippen LogP contribution is -2.43. The first-order valence-electron chi connectivity index (χ1n) is 18.8. The minimum atomic E-state index is -0.933. The molecule has 0 radical (unpaired) electrons. The maximum Gasteiger partial charge on any atom is 0.226 e. The van der Waals surface area contributed by atoms with Crippen LogP contribution < -0.4 is 10.1 Å². The third kappa shape index (κ3) is 9.23. The van der Waals surface area contributed by atoms with Gasteiger partial charge in [0.25, 0.3) is 0 Å². The van der Waals surface area contributed by atoms with Crippen LogP contribution in [0, 0.1) is 11.8 Å². The fourth-order valence-electron chi connectivity index (χ4n) is 8.04. The van der Waals surface area contributed by atoms with E-state index in [1.54, 1.807) is 0 Å². The highest BCUT2D eigenvalue weighted by atomic mass is 16.5. The number of hydrogen-bond acceptors (Lipinski definition) is 5. The fourth-order valence-corrected chi connectivity index (χ4v) is 8.04. The first-order chi connectivity index (χ1) is 25.9. The average Bonchev–Trinajstić information content (AvgIpc) is 3.65. The van der Waals surface area contributed by atoms with Crippen molar-refractivity contribution in [1.82, 2.24) is 10.2 Å². The molecule has 7 rings (SSSR count). The Morgan fingerprint density at radius 3 is 2.04 bits per heavy atom. The molecule has 0 unspecified atom stereocenters. The molecule has 53 heavy (non-hydrogen) atoms. The number of hydrogen-bond donors (Lipinski definition) is 3. The van der Waals surface area contributed by atoms with E-state index < -0.39 is 24.2 Å². The van der Waals surface area contributed by atoms with Gasteiger partial charge in [0, 0.05) is 30.8 Å². The number of nitrogens with zero attached hydrogens (tertiary/aromatic N) is 1. The standard InChI is InChI=1S/C46H48N2O5/c49-40(30-48-39(26-33-14-6-2-7-15-33)27-38(46(48)52)25-32-12-4-1-5-13-32)28-37(45(51)47-44-42-19-11-10-18-36(42)29-43(44)50)24-34-20-22-41(23-21-34)53-31-35-16-8-3-9-17-35/h1-23,37-40,43-44,49-50H,24-31H2,(H,47,51)/t37-,38+,39+,40+,43-,44+/m1/s1. The maximum atomic E-state index is 14.1. The van der Waals surface area contributed by atoms with Crippen LogP contribution in [0.5, 0.6) is 5.75 Å². The van der Waals surface area contributed by atoms with Crippen LogP contribution in [-0.4, -0.2) is 51.7 Å². The Bertz CT molecular complexity index is 1940. The summed E-state index contributed by atoms with van der Waals surface area (Å²) >= 11 is 0. The quantitative estimate of drug-likeness (QED) is 0.113. The Morgan fingerprint density at radius 1 is 0.755 bits per heavy atom. The predicted octanol–water partition coefficient (Wildman–Crippen LogP) is 6.65. The van der Waals surface area contributed by atoms with E-state index in [-0.39, 0.29) is 36.7 Å². The lowest BCUT2D eigenvalue weighted by Gasteiger charge is -2.29. The number of aliphatic hydroxyl groups is 2. The molecule has 7 nitrogen and oxygen atoms in total. The molecule has 5 aromatic carbocycles. The van der Waals surface area contributed by atoms with Crippen molar-refractivity contribution < 1.29 is 24.5 Å². The second-order valence-corrected chi connectivity index (χ2v) is 14.6. The topological polar surface area (TPSA) is 99.1 Å². The largest absolute Gasteiger partial charge is 0.489 e. The summed E-state index contributed by atoms with van der Waals surface area (Å²) in [6.07, 6.45) is 1.41. The summed E-state index contributed by atoms with van der Waals surface area (Å²) in [7, 11) is 0. The summed E-state index contributed by atoms with van der Waals surface area (Å²) in [5, 5.41) is 25.8. The molecule has 272 valence electrons. The Hall–Kier alpha value is -5.24. The normalized spacial score (nSPS) is 20.5. The van der Waals surface area contributed by atoms with Gasteiger partial charge in [-0.25, -0.2) is 0 Å². The molecular formula is C46H48N2O5. The van der Waals surface area contributed by atoms with E-state index in [1.165, 1.54) is 0 Å². The van der Waals surface area contributed by atoms with Gasteiger partial charge in [0.2, 0.25) is 11.8 Å². The number of fused-ring (bicyclic) bond motifs is 1. The number of ether oxygens (including phenoxy) is 1. The van der Waals surface area contributed by atoms with Crippen LogP contribution in [0.2, 0.25) is 0 Å². The molecule has 0 bridgehead atoms. The number of β-amino-alcohol motifs (C(OH)–C–C–N with tert-alkyl or cyclic N) is 1. The van der Waals surface area contributed by atoms with Crippen LogP contribution in [0.4, 0.5) is 0 Å². The zero-order valence-electron chi connectivity index (χ0n) is 30.0. The molecule has 5 aromatic rings. The number of amides is 2. The van der Waals surface area contributed by atoms with E-state index in [0.717, 1.165) is 39.1 Å². The molecule has 3 N–H and O–H groups in total. The van der Waals surface area contributed by atoms with Crippen molar-refractivity contribution in [3.05, 3.63) is 173 Å². The number of benzene rings is 5. The van der Waals surface area contributed by atoms with Gasteiger partial charge in [-0.15, -0.1) is 0 Å². The minimum Gasteiger partial charge on any atom is -0.489 e. The van der Waals surface area contributed by atoms with Crippen LogP contribution in [0.1, 0.15) is 52.3 Å². The number of likely N-dealkylation sites (tertiary alicyclic amines) is 1. The highest BCUT2D eigenvalue weighted by Gasteiger charge is 2.41. The molecule has 0 spiro atoms. The van der Waals surface area contributed by atoms with Gasteiger partial charge in [-0.05, 0) is 77.6 Å². The van der Waals surface area contributed by atoms with Crippen LogP contribution in [0.25, 0.3) is 0 Å². The number of carbonyl (C=O) groups is 2. The van der Waals surface area contributed by atoms with Gasteiger partial charge in [0.05, 0.1) is 18.2 Å². The average molecular weight is 709 g/mol. The summed E-state index contributed by atoms with van der Waals surface area (Å²) in [5.74, 6) is -0.238. The third-order valence-electron chi connectivity index (χ3n) is 10.8. The van der Waals surface area contributed by atoms with Gasteiger partial charge in [0.1, 0.15) is 12.4 Å². The van der Waals surface area contributed by atoms with Crippen LogP contribution >= 0.6 is 0 Å². The Kier molecular flexibility index (Phi) is 11.6. The van der Waals surface area contributed by atoms with E-state index in [4.69, 9.17) is 4.74 Å². The first kappa shape index (κ1) is 36.1. The molecule has 1 aliphatic heterocycles. The molecule has 1 saturated heterocycles. The van der Waals surface area contributed by atoms with Crippen molar-refractivity contribution in [3.8, 4) is 5.75 Å². The van der Waals surface area contributed by atoms with E-state index >= 15 is 0 Å². The molecule has 1 heterocycles. The summed E-state index contributed by atoms with van der Waals surface area (Å²) in [5.41, 5.74) is 6.22. The third-order valence-corrected chi connectivity index (χ3v) is 10.8. The summed E-state index contributed by atoms with van der Waals surface area (Å²) in [6.45, 7) is 0.599. The second kappa shape index (κ2) is 17.1. The van der Waals surface area contributed by atoms with Crippen molar-refractivity contribution in [2.75, 3.05) is 6.54 Å². The fraction of sp³-hybridized carbons (Fsp3) is 0.304. The van der Waals surface area contributed by atoms with Gasteiger partial charge in [-0.3, -0.25) is 9.59 Å². The Morgan fingerprint density at radius 2 is 1.36 bits per heavy atom. The predicted molar refractivity (Wildman–Crippen MR) is 206 cm³/mol. The molecule has 2 aliphatic rings. The smallest absolute Gasteiger partial charge is 0.226 e. The van der Waals surface area contributed by atoms with Crippen LogP contribution in [0.3, 0.4) is 0 Å². The number of nitrogens with one attached hydrogen (secondary N) is 1. The molecule has 0 aromatic heterocycles. The highest BCUT2D eigenvalue weighted by Crippen LogP contribution is 2.33. The number of rotatable bonds is 15. The Balaban J connectivity index is 1.07. The summed E-state index contributed by atoms with van der Waals surface area (Å²) in [6, 6.07) is 45.2. The molecule has 1 fully saturated rings. The first-order valence-corrected chi connectivity index (χ1v) is 18.8. The van der Waals surface area contributed by atoms with E-state index in [9.17, 15) is 19.8 Å². The molecule has 2 amide bonds. The van der Waals surface area contributed by atoms with Gasteiger partial charge in [-0.2, -0.15) is 0 Å². The maximum absolute atomic E-state index is 14.1. The van der Waals surface area contributed by atoms with Gasteiger partial charge < -0.3 is 25.2 Å². The lowest BCUT2D eigenvalue weighted by atomic mass is 9.91. The zero-order valence-corrected chi connectivity index (χ0v) is 30.0. The van der Waals surface area contributed by atoms with Gasteiger partial charge in [0.15, 0.2) is 0 Å². The molecule has 7 heteroatoms. The number of carbonyl (C=O) groups excluding carboxylic acids is 2. The second-order valence-electron chi connectivity index (χ2n) is 14.6. The van der Waals surface area contributed by atoms with Crippen molar-refractivity contribution in [3.63, 3.8) is 0 Å². The minimum absolute atomic E-state index is 0.0478. The zero-order chi connectivity index (χ0) is 36.6. The van der Waals surface area contributed by atoms with E-state index in [2.05, 4.69) is 29.6 Å². The van der Waals surface area contributed by atoms with Gasteiger partial charge in [-0.1, -0.05) is 127 Å². The molecular weight excluding hydrogens is 661 g/mol. The molecule has 0 saturated carbocycles. The van der Waals surface area contributed by atoms with Crippen molar-refractivity contribution in [2.45, 2.75) is 69.4 Å². The summed E-state index contributed by atoms with van der Waals surface area (Å²) < 4.78 is 6.00. The van der Waals surface area contributed by atoms with Crippen molar-refractivity contribution >= 4 is 11.8 Å². The monoisotopic (exact) mass is 708 g/mol.